The molecular formula is C12H16ClNO3. The number of rotatable bonds is 5. The molecule has 0 saturated heterocycles. The number of methoxy groups -OCH3 is 2. The van der Waals surface area contributed by atoms with E-state index in [0.717, 1.165) is 0 Å². The summed E-state index contributed by atoms with van der Waals surface area (Å²) in [4.78, 5) is 11.9. The van der Waals surface area contributed by atoms with Crippen LogP contribution >= 0.6 is 11.6 Å². The van der Waals surface area contributed by atoms with Crippen LogP contribution in [0.3, 0.4) is 0 Å². The second-order valence-corrected chi connectivity index (χ2v) is 3.99. The number of carbonyl (C=O) groups excluding carboxylic acids is 1. The number of nitrogens with one attached hydrogen (secondary N) is 1. The zero-order valence-corrected chi connectivity index (χ0v) is 10.8. The van der Waals surface area contributed by atoms with E-state index in [-0.39, 0.29) is 11.9 Å². The molecule has 94 valence electrons. The summed E-state index contributed by atoms with van der Waals surface area (Å²) in [7, 11) is 3.04. The maximum atomic E-state index is 11.9. The van der Waals surface area contributed by atoms with E-state index in [2.05, 4.69) is 5.32 Å². The van der Waals surface area contributed by atoms with Gasteiger partial charge < -0.3 is 14.8 Å². The predicted octanol–water partition coefficient (Wildman–Crippen LogP) is 2.08. The third-order valence-corrected chi connectivity index (χ3v) is 2.68. The first-order valence-corrected chi connectivity index (χ1v) is 5.59. The lowest BCUT2D eigenvalue weighted by Gasteiger charge is -2.22. The summed E-state index contributed by atoms with van der Waals surface area (Å²) in [5.41, 5.74) is 0.437. The first-order valence-electron chi connectivity index (χ1n) is 5.21. The zero-order chi connectivity index (χ0) is 12.8. The molecule has 1 amide bonds. The van der Waals surface area contributed by atoms with Crippen LogP contribution in [0.2, 0.25) is 5.02 Å². The Morgan fingerprint density at radius 1 is 1.29 bits per heavy atom. The van der Waals surface area contributed by atoms with Crippen LogP contribution in [0, 0.1) is 0 Å². The molecule has 1 aromatic carbocycles. The van der Waals surface area contributed by atoms with Crippen LogP contribution in [0.4, 0.5) is 0 Å². The molecule has 1 aromatic rings. The van der Waals surface area contributed by atoms with Crippen molar-refractivity contribution >= 4 is 17.5 Å². The van der Waals surface area contributed by atoms with Gasteiger partial charge in [-0.2, -0.15) is 0 Å². The molecule has 0 radical (unpaired) electrons. The van der Waals surface area contributed by atoms with E-state index >= 15 is 0 Å². The number of carbonyl (C=O) groups is 1. The van der Waals surface area contributed by atoms with Crippen LogP contribution in [0.1, 0.15) is 17.3 Å². The number of amides is 1. The van der Waals surface area contributed by atoms with Gasteiger partial charge in [0.1, 0.15) is 0 Å². The summed E-state index contributed by atoms with van der Waals surface area (Å²) in [6.45, 7) is 1.80. The van der Waals surface area contributed by atoms with E-state index < -0.39 is 6.29 Å². The predicted molar refractivity (Wildman–Crippen MR) is 66.2 cm³/mol. The Kier molecular flexibility index (Phi) is 5.41. The molecule has 0 aliphatic heterocycles. The van der Waals surface area contributed by atoms with Crippen LogP contribution in [0.5, 0.6) is 0 Å². The van der Waals surface area contributed by atoms with Crippen LogP contribution in [-0.2, 0) is 9.47 Å². The van der Waals surface area contributed by atoms with E-state index in [1.807, 2.05) is 0 Å². The van der Waals surface area contributed by atoms with Crippen molar-refractivity contribution in [2.24, 2.45) is 0 Å². The van der Waals surface area contributed by atoms with Gasteiger partial charge in [-0.05, 0) is 19.1 Å². The molecule has 0 bridgehead atoms. The topological polar surface area (TPSA) is 47.6 Å². The van der Waals surface area contributed by atoms with Gasteiger partial charge in [-0.3, -0.25) is 4.79 Å². The van der Waals surface area contributed by atoms with Gasteiger partial charge in [0.25, 0.3) is 5.91 Å². The Balaban J connectivity index is 2.70. The lowest BCUT2D eigenvalue weighted by molar-refractivity contribution is -0.117. The van der Waals surface area contributed by atoms with Crippen molar-refractivity contribution in [2.75, 3.05) is 14.2 Å². The van der Waals surface area contributed by atoms with Gasteiger partial charge in [0.15, 0.2) is 6.29 Å². The molecule has 0 spiro atoms. The molecule has 4 nitrogen and oxygen atoms in total. The second-order valence-electron chi connectivity index (χ2n) is 3.58. The van der Waals surface area contributed by atoms with E-state index in [0.29, 0.717) is 10.6 Å². The minimum Gasteiger partial charge on any atom is -0.354 e. The fourth-order valence-electron chi connectivity index (χ4n) is 1.50. The Labute approximate surface area is 106 Å². The molecule has 17 heavy (non-hydrogen) atoms. The summed E-state index contributed by atoms with van der Waals surface area (Å²) < 4.78 is 10.1. The molecule has 0 heterocycles. The van der Waals surface area contributed by atoms with Crippen LogP contribution in [-0.4, -0.2) is 32.5 Å². The molecule has 0 aromatic heterocycles. The van der Waals surface area contributed by atoms with Gasteiger partial charge in [-0.15, -0.1) is 0 Å². The Bertz CT molecular complexity index is 380. The summed E-state index contributed by atoms with van der Waals surface area (Å²) in [5.74, 6) is -0.248. The van der Waals surface area contributed by atoms with Gasteiger partial charge in [0, 0.05) is 14.2 Å². The molecule has 1 rings (SSSR count). The summed E-state index contributed by atoms with van der Waals surface area (Å²) in [6.07, 6.45) is -0.485. The maximum absolute atomic E-state index is 11.9. The van der Waals surface area contributed by atoms with Gasteiger partial charge in [-0.25, -0.2) is 0 Å². The van der Waals surface area contributed by atoms with Crippen molar-refractivity contribution in [1.29, 1.82) is 0 Å². The lowest BCUT2D eigenvalue weighted by atomic mass is 10.2. The highest BCUT2D eigenvalue weighted by molar-refractivity contribution is 6.33. The second kappa shape index (κ2) is 6.59. The number of ether oxygens (including phenoxy) is 2. The summed E-state index contributed by atoms with van der Waals surface area (Å²) in [6, 6.07) is 6.60. The number of benzene rings is 1. The Hall–Kier alpha value is -1.10. The fraction of sp³-hybridized carbons (Fsp3) is 0.417. The quantitative estimate of drug-likeness (QED) is 0.822. The van der Waals surface area contributed by atoms with Gasteiger partial charge in [0.05, 0.1) is 16.6 Å². The van der Waals surface area contributed by atoms with Crippen LogP contribution < -0.4 is 5.32 Å². The molecule has 0 saturated carbocycles. The van der Waals surface area contributed by atoms with Crippen molar-refractivity contribution in [3.63, 3.8) is 0 Å². The van der Waals surface area contributed by atoms with E-state index in [4.69, 9.17) is 21.1 Å². The average Bonchev–Trinajstić information content (AvgIpc) is 2.31. The van der Waals surface area contributed by atoms with Gasteiger partial charge >= 0.3 is 0 Å². The first kappa shape index (κ1) is 14.0. The van der Waals surface area contributed by atoms with E-state index in [1.54, 1.807) is 31.2 Å². The highest BCUT2D eigenvalue weighted by Crippen LogP contribution is 2.15. The smallest absolute Gasteiger partial charge is 0.253 e. The maximum Gasteiger partial charge on any atom is 0.253 e. The average molecular weight is 258 g/mol. The van der Waals surface area contributed by atoms with Crippen molar-refractivity contribution in [2.45, 2.75) is 19.3 Å². The molecular weight excluding hydrogens is 242 g/mol. The molecule has 1 unspecified atom stereocenters. The van der Waals surface area contributed by atoms with Crippen molar-refractivity contribution in [3.05, 3.63) is 34.9 Å². The van der Waals surface area contributed by atoms with Gasteiger partial charge in [0.2, 0.25) is 0 Å². The number of hydrogen-bond donors (Lipinski definition) is 1. The largest absolute Gasteiger partial charge is 0.354 e. The number of halogens is 1. The van der Waals surface area contributed by atoms with E-state index in [9.17, 15) is 4.79 Å². The molecule has 1 N–H and O–H groups in total. The third-order valence-electron chi connectivity index (χ3n) is 2.35. The molecule has 1 atom stereocenters. The Morgan fingerprint density at radius 2 is 1.88 bits per heavy atom. The molecule has 5 heteroatoms. The number of hydrogen-bond acceptors (Lipinski definition) is 3. The molecule has 0 aliphatic rings. The lowest BCUT2D eigenvalue weighted by Crippen LogP contribution is -2.43. The van der Waals surface area contributed by atoms with Crippen LogP contribution in [0.25, 0.3) is 0 Å². The summed E-state index contributed by atoms with van der Waals surface area (Å²) >= 11 is 5.93. The minimum atomic E-state index is -0.485. The monoisotopic (exact) mass is 257 g/mol. The SMILES string of the molecule is COC(OC)C(C)NC(=O)c1ccccc1Cl. The zero-order valence-electron chi connectivity index (χ0n) is 10.1. The Morgan fingerprint density at radius 3 is 2.41 bits per heavy atom. The fourth-order valence-corrected chi connectivity index (χ4v) is 1.72. The standard InChI is InChI=1S/C12H16ClNO3/c1-8(12(16-2)17-3)14-11(15)9-6-4-5-7-10(9)13/h4-8,12H,1-3H3,(H,14,15). The summed E-state index contributed by atoms with van der Waals surface area (Å²) in [5, 5.41) is 3.19. The van der Waals surface area contributed by atoms with Crippen molar-refractivity contribution in [1.82, 2.24) is 5.32 Å². The molecule has 0 aliphatic carbocycles. The van der Waals surface area contributed by atoms with Crippen molar-refractivity contribution < 1.29 is 14.3 Å². The first-order chi connectivity index (χ1) is 8.10. The highest BCUT2D eigenvalue weighted by atomic mass is 35.5. The van der Waals surface area contributed by atoms with Gasteiger partial charge in [-0.1, -0.05) is 23.7 Å². The van der Waals surface area contributed by atoms with Crippen molar-refractivity contribution in [3.8, 4) is 0 Å². The van der Waals surface area contributed by atoms with Crippen LogP contribution in [0.15, 0.2) is 24.3 Å². The van der Waals surface area contributed by atoms with E-state index in [1.165, 1.54) is 14.2 Å². The normalized spacial score (nSPS) is 12.5. The highest BCUT2D eigenvalue weighted by Gasteiger charge is 2.19. The minimum absolute atomic E-state index is 0.248. The molecule has 0 fully saturated rings. The third kappa shape index (κ3) is 3.70.